The zero-order valence-electron chi connectivity index (χ0n) is 17.3. The summed E-state index contributed by atoms with van der Waals surface area (Å²) in [6, 6.07) is 3.92. The number of nitrogens with zero attached hydrogens (tertiary/aromatic N) is 3. The third-order valence-corrected chi connectivity index (χ3v) is 5.78. The van der Waals surface area contributed by atoms with Gasteiger partial charge in [-0.1, -0.05) is 6.92 Å². The van der Waals surface area contributed by atoms with Crippen LogP contribution in [0.3, 0.4) is 0 Å². The first kappa shape index (κ1) is 20.5. The smallest absolute Gasteiger partial charge is 0.206 e. The molecule has 0 N–H and O–H groups in total. The Kier molecular flexibility index (Phi) is 6.78. The average Bonchev–Trinajstić information content (AvgIpc) is 3.09. The van der Waals surface area contributed by atoms with Gasteiger partial charge >= 0.3 is 0 Å². The molecule has 1 fully saturated rings. The number of thiazole rings is 1. The van der Waals surface area contributed by atoms with Gasteiger partial charge in [-0.05, 0) is 50.7 Å². The second kappa shape index (κ2) is 9.28. The number of aromatic nitrogens is 1. The molecule has 1 aromatic heterocycles. The Hall–Kier alpha value is -2.28. The van der Waals surface area contributed by atoms with Crippen molar-refractivity contribution in [2.24, 2.45) is 16.0 Å². The molecule has 1 heterocycles. The van der Waals surface area contributed by atoms with Crippen molar-refractivity contribution in [2.45, 2.75) is 39.5 Å². The topological polar surface area (TPSA) is 57.3 Å². The maximum atomic E-state index is 5.53. The molecule has 1 unspecified atom stereocenters. The summed E-state index contributed by atoms with van der Waals surface area (Å²) in [4.78, 5) is 5.54. The van der Waals surface area contributed by atoms with Gasteiger partial charge in [0, 0.05) is 23.2 Å². The Labute approximate surface area is 170 Å². The molecule has 0 amide bonds. The predicted molar refractivity (Wildman–Crippen MR) is 114 cm³/mol. The lowest BCUT2D eigenvalue weighted by Crippen LogP contribution is -2.18. The third-order valence-electron chi connectivity index (χ3n) is 4.93. The van der Waals surface area contributed by atoms with Crippen LogP contribution in [0.1, 0.15) is 39.5 Å². The molecular weight excluding hydrogens is 374 g/mol. The van der Waals surface area contributed by atoms with E-state index in [0.29, 0.717) is 23.2 Å². The second-order valence-electron chi connectivity index (χ2n) is 6.97. The maximum absolute atomic E-state index is 5.53. The SMILES string of the molecule is CCN=c1scc(-c2cc(OC)c(OC)c(OC)c2)n1N=C1CCCC(C)C1. The van der Waals surface area contributed by atoms with Gasteiger partial charge in [-0.15, -0.1) is 11.3 Å². The molecule has 1 aliphatic rings. The molecule has 6 nitrogen and oxygen atoms in total. The van der Waals surface area contributed by atoms with Gasteiger partial charge < -0.3 is 14.2 Å². The van der Waals surface area contributed by atoms with Gasteiger partial charge in [-0.25, -0.2) is 4.68 Å². The largest absolute Gasteiger partial charge is 0.493 e. The van der Waals surface area contributed by atoms with Gasteiger partial charge in [0.25, 0.3) is 0 Å². The fraction of sp³-hybridized carbons (Fsp3) is 0.524. The molecule has 7 heteroatoms. The van der Waals surface area contributed by atoms with Gasteiger partial charge in [0.1, 0.15) is 0 Å². The second-order valence-corrected chi connectivity index (χ2v) is 7.81. The molecule has 0 bridgehead atoms. The van der Waals surface area contributed by atoms with Crippen molar-refractivity contribution in [2.75, 3.05) is 27.9 Å². The minimum atomic E-state index is 0.585. The van der Waals surface area contributed by atoms with Crippen molar-refractivity contribution in [3.05, 3.63) is 22.3 Å². The van der Waals surface area contributed by atoms with Crippen LogP contribution in [0.4, 0.5) is 0 Å². The quantitative estimate of drug-likeness (QED) is 0.709. The zero-order valence-corrected chi connectivity index (χ0v) is 18.1. The Morgan fingerprint density at radius 3 is 2.43 bits per heavy atom. The van der Waals surface area contributed by atoms with Gasteiger partial charge in [-0.3, -0.25) is 4.99 Å². The Bertz CT molecular complexity index is 889. The van der Waals surface area contributed by atoms with Crippen LogP contribution < -0.4 is 19.0 Å². The molecule has 0 spiro atoms. The third kappa shape index (κ3) is 4.24. The van der Waals surface area contributed by atoms with Crippen LogP contribution in [-0.2, 0) is 0 Å². The summed E-state index contributed by atoms with van der Waals surface area (Å²) in [5.41, 5.74) is 3.17. The molecule has 0 radical (unpaired) electrons. The average molecular weight is 404 g/mol. The predicted octanol–water partition coefficient (Wildman–Crippen LogP) is 4.58. The summed E-state index contributed by atoms with van der Waals surface area (Å²) in [7, 11) is 4.87. The fourth-order valence-corrected chi connectivity index (χ4v) is 4.46. The first-order valence-electron chi connectivity index (χ1n) is 9.69. The number of methoxy groups -OCH3 is 3. The van der Waals surface area contributed by atoms with Crippen LogP contribution in [-0.4, -0.2) is 38.3 Å². The summed E-state index contributed by atoms with van der Waals surface area (Å²) in [6.45, 7) is 5.06. The molecule has 28 heavy (non-hydrogen) atoms. The van der Waals surface area contributed by atoms with E-state index in [0.717, 1.165) is 35.4 Å². The monoisotopic (exact) mass is 403 g/mol. The van der Waals surface area contributed by atoms with E-state index in [-0.39, 0.29) is 0 Å². The van der Waals surface area contributed by atoms with Crippen LogP contribution in [0, 0.1) is 5.92 Å². The summed E-state index contributed by atoms with van der Waals surface area (Å²) in [5.74, 6) is 2.52. The molecule has 1 aliphatic carbocycles. The van der Waals surface area contributed by atoms with Gasteiger partial charge in [0.05, 0.1) is 27.0 Å². The lowest BCUT2D eigenvalue weighted by Gasteiger charge is -2.19. The molecule has 2 aromatic rings. The minimum Gasteiger partial charge on any atom is -0.493 e. The standard InChI is InChI=1S/C21H29N3O3S/c1-6-22-21-24(23-16-9-7-8-14(2)10-16)17(13-28-21)15-11-18(25-3)20(27-5)19(12-15)26-4/h11-14H,6-10H2,1-5H3. The van der Waals surface area contributed by atoms with Crippen LogP contribution in [0.5, 0.6) is 17.2 Å². The molecule has 1 aromatic carbocycles. The Balaban J connectivity index is 2.15. The molecule has 3 rings (SSSR count). The van der Waals surface area contributed by atoms with Crippen molar-refractivity contribution < 1.29 is 14.2 Å². The van der Waals surface area contributed by atoms with Crippen molar-refractivity contribution in [3.63, 3.8) is 0 Å². The van der Waals surface area contributed by atoms with Crippen molar-refractivity contribution >= 4 is 17.0 Å². The van der Waals surface area contributed by atoms with E-state index in [1.165, 1.54) is 18.6 Å². The van der Waals surface area contributed by atoms with Crippen molar-refractivity contribution in [3.8, 4) is 28.5 Å². The van der Waals surface area contributed by atoms with Crippen LogP contribution >= 0.6 is 11.3 Å². The minimum absolute atomic E-state index is 0.585. The lowest BCUT2D eigenvalue weighted by atomic mass is 9.89. The van der Waals surface area contributed by atoms with Crippen molar-refractivity contribution in [1.82, 2.24) is 4.68 Å². The van der Waals surface area contributed by atoms with E-state index in [1.54, 1.807) is 32.7 Å². The number of hydrogen-bond donors (Lipinski definition) is 0. The highest BCUT2D eigenvalue weighted by atomic mass is 32.1. The highest BCUT2D eigenvalue weighted by Crippen LogP contribution is 2.41. The van der Waals surface area contributed by atoms with Crippen LogP contribution in [0.15, 0.2) is 27.6 Å². The molecule has 1 atom stereocenters. The molecule has 0 aliphatic heterocycles. The first-order chi connectivity index (χ1) is 13.6. The van der Waals surface area contributed by atoms with Crippen LogP contribution in [0.25, 0.3) is 11.3 Å². The van der Waals surface area contributed by atoms with E-state index in [2.05, 4.69) is 17.3 Å². The summed E-state index contributed by atoms with van der Waals surface area (Å²) in [5, 5.41) is 7.10. The highest BCUT2D eigenvalue weighted by molar-refractivity contribution is 7.07. The zero-order chi connectivity index (χ0) is 20.1. The molecule has 152 valence electrons. The fourth-order valence-electron chi connectivity index (χ4n) is 3.56. The summed E-state index contributed by atoms with van der Waals surface area (Å²) < 4.78 is 18.5. The van der Waals surface area contributed by atoms with E-state index < -0.39 is 0 Å². The van der Waals surface area contributed by atoms with Crippen molar-refractivity contribution in [1.29, 1.82) is 0 Å². The maximum Gasteiger partial charge on any atom is 0.206 e. The Morgan fingerprint density at radius 1 is 1.14 bits per heavy atom. The summed E-state index contributed by atoms with van der Waals surface area (Å²) >= 11 is 1.60. The summed E-state index contributed by atoms with van der Waals surface area (Å²) in [6.07, 6.45) is 4.57. The van der Waals surface area contributed by atoms with Gasteiger partial charge in [0.2, 0.25) is 10.6 Å². The van der Waals surface area contributed by atoms with Gasteiger partial charge in [0.15, 0.2) is 11.5 Å². The van der Waals surface area contributed by atoms with E-state index in [9.17, 15) is 0 Å². The number of rotatable bonds is 6. The van der Waals surface area contributed by atoms with E-state index in [1.807, 2.05) is 23.7 Å². The molecular formula is C21H29N3O3S. The highest BCUT2D eigenvalue weighted by Gasteiger charge is 2.19. The molecule has 1 saturated carbocycles. The van der Waals surface area contributed by atoms with Gasteiger partial charge in [-0.2, -0.15) is 5.10 Å². The number of ether oxygens (including phenoxy) is 3. The normalized spacial score (nSPS) is 19.1. The number of benzene rings is 1. The number of hydrogen-bond acceptors (Lipinski definition) is 6. The van der Waals surface area contributed by atoms with Crippen LogP contribution in [0.2, 0.25) is 0 Å². The van der Waals surface area contributed by atoms with E-state index in [4.69, 9.17) is 19.3 Å². The first-order valence-corrected chi connectivity index (χ1v) is 10.6. The Morgan fingerprint density at radius 2 is 1.86 bits per heavy atom. The van der Waals surface area contributed by atoms with E-state index >= 15 is 0 Å². The lowest BCUT2D eigenvalue weighted by molar-refractivity contribution is 0.324. The molecule has 0 saturated heterocycles.